The zero-order valence-corrected chi connectivity index (χ0v) is 31.9. The van der Waals surface area contributed by atoms with Gasteiger partial charge in [-0.05, 0) is 86.8 Å². The van der Waals surface area contributed by atoms with E-state index in [1.165, 1.54) is 12.4 Å². The molecule has 11 heteroatoms. The van der Waals surface area contributed by atoms with Crippen molar-refractivity contribution in [2.75, 3.05) is 0 Å². The first-order valence-corrected chi connectivity index (χ1v) is 20.1. The Morgan fingerprint density at radius 2 is 0.911 bits per heavy atom. The highest BCUT2D eigenvalue weighted by atomic mass is 16.3. The largest absolute Gasteiger partial charge is 0.393 e. The Morgan fingerprint density at radius 1 is 0.536 bits per heavy atom. The number of hydrogen-bond acceptors (Lipinski definition) is 7. The fraction of sp³-hybridized carbons (Fsp3) is 0.422. The number of rotatable bonds is 16. The molecule has 6 rings (SSSR count). The van der Waals surface area contributed by atoms with Gasteiger partial charge in [-0.1, -0.05) is 86.3 Å². The lowest BCUT2D eigenvalue weighted by Crippen LogP contribution is -2.55. The highest BCUT2D eigenvalue weighted by molar-refractivity contribution is 5.94. The summed E-state index contributed by atoms with van der Waals surface area (Å²) in [6, 6.07) is 25.4. The Balaban J connectivity index is 1.14. The van der Waals surface area contributed by atoms with E-state index in [-0.39, 0.29) is 60.6 Å². The van der Waals surface area contributed by atoms with E-state index in [1.54, 1.807) is 36.7 Å². The Morgan fingerprint density at radius 3 is 1.27 bits per heavy atom. The topological polar surface area (TPSA) is 162 Å². The molecule has 0 spiro atoms. The number of pyridine rings is 2. The van der Waals surface area contributed by atoms with Crippen LogP contribution in [0.4, 0.5) is 0 Å². The first kappa shape index (κ1) is 40.2. The van der Waals surface area contributed by atoms with Gasteiger partial charge in [-0.15, -0.1) is 0 Å². The maximum absolute atomic E-state index is 14.2. The second-order valence-corrected chi connectivity index (χ2v) is 15.3. The SMILES string of the molecule is O=C(N[C@H]1CCCC[C@@H]1NC(=O)[C@H](Cc1ccccc1)CC(O)C[C@H](Cc1ccccc1)C(=O)N[C@H]1CCCC[C@@H]1NC(=O)c1cccnc1)c1cccnc1. The number of aromatic nitrogens is 2. The fourth-order valence-corrected chi connectivity index (χ4v) is 8.17. The summed E-state index contributed by atoms with van der Waals surface area (Å²) in [5.74, 6) is -1.96. The minimum absolute atomic E-state index is 0.159. The van der Waals surface area contributed by atoms with Gasteiger partial charge in [-0.2, -0.15) is 0 Å². The Kier molecular flexibility index (Phi) is 14.7. The summed E-state index contributed by atoms with van der Waals surface area (Å²) < 4.78 is 0. The van der Waals surface area contributed by atoms with E-state index in [4.69, 9.17) is 0 Å². The molecule has 11 nitrogen and oxygen atoms in total. The molecule has 0 radical (unpaired) electrons. The van der Waals surface area contributed by atoms with Gasteiger partial charge in [0.2, 0.25) is 11.8 Å². The van der Waals surface area contributed by atoms with Gasteiger partial charge in [0.25, 0.3) is 11.8 Å². The van der Waals surface area contributed by atoms with Crippen LogP contribution in [0.25, 0.3) is 0 Å². The molecule has 0 saturated heterocycles. The van der Waals surface area contributed by atoms with E-state index in [2.05, 4.69) is 31.2 Å². The van der Waals surface area contributed by atoms with Crippen LogP contribution in [-0.2, 0) is 22.4 Å². The van der Waals surface area contributed by atoms with Crippen LogP contribution < -0.4 is 21.3 Å². The van der Waals surface area contributed by atoms with Gasteiger partial charge in [0, 0.05) is 60.8 Å². The van der Waals surface area contributed by atoms with Crippen molar-refractivity contribution in [3.63, 3.8) is 0 Å². The van der Waals surface area contributed by atoms with Crippen molar-refractivity contribution in [2.45, 2.75) is 107 Å². The van der Waals surface area contributed by atoms with Crippen LogP contribution >= 0.6 is 0 Å². The second kappa shape index (κ2) is 20.5. The summed E-state index contributed by atoms with van der Waals surface area (Å²) in [6.07, 6.45) is 13.2. The third-order valence-electron chi connectivity index (χ3n) is 11.2. The minimum atomic E-state index is -0.950. The number of benzene rings is 2. The summed E-state index contributed by atoms with van der Waals surface area (Å²) in [5.41, 5.74) is 2.88. The van der Waals surface area contributed by atoms with Crippen molar-refractivity contribution in [3.05, 3.63) is 132 Å². The first-order valence-electron chi connectivity index (χ1n) is 20.1. The lowest BCUT2D eigenvalue weighted by atomic mass is 9.85. The van der Waals surface area contributed by atoms with Gasteiger partial charge in [0.1, 0.15) is 0 Å². The van der Waals surface area contributed by atoms with Crippen molar-refractivity contribution in [2.24, 2.45) is 11.8 Å². The van der Waals surface area contributed by atoms with Crippen molar-refractivity contribution in [3.8, 4) is 0 Å². The summed E-state index contributed by atoms with van der Waals surface area (Å²) in [7, 11) is 0. The van der Waals surface area contributed by atoms with Crippen LogP contribution in [0.5, 0.6) is 0 Å². The number of hydrogen-bond donors (Lipinski definition) is 5. The molecule has 294 valence electrons. The Labute approximate surface area is 329 Å². The predicted molar refractivity (Wildman–Crippen MR) is 214 cm³/mol. The molecule has 2 aliphatic rings. The van der Waals surface area contributed by atoms with Crippen LogP contribution in [-0.4, -0.2) is 69.0 Å². The van der Waals surface area contributed by atoms with E-state index in [1.807, 2.05) is 60.7 Å². The molecule has 0 aliphatic heterocycles. The lowest BCUT2D eigenvalue weighted by Gasteiger charge is -2.35. The third kappa shape index (κ3) is 11.8. The van der Waals surface area contributed by atoms with Crippen LogP contribution in [0.1, 0.15) is 96.1 Å². The average Bonchev–Trinajstić information content (AvgIpc) is 3.23. The smallest absolute Gasteiger partial charge is 0.253 e. The maximum atomic E-state index is 14.2. The molecule has 2 heterocycles. The molecule has 56 heavy (non-hydrogen) atoms. The molecule has 2 aromatic heterocycles. The van der Waals surface area contributed by atoms with Gasteiger partial charge in [0.15, 0.2) is 0 Å². The van der Waals surface area contributed by atoms with Crippen LogP contribution in [0.3, 0.4) is 0 Å². The van der Waals surface area contributed by atoms with Gasteiger partial charge in [-0.25, -0.2) is 0 Å². The average molecular weight is 759 g/mol. The van der Waals surface area contributed by atoms with Gasteiger partial charge >= 0.3 is 0 Å². The van der Waals surface area contributed by atoms with E-state index < -0.39 is 17.9 Å². The van der Waals surface area contributed by atoms with E-state index in [9.17, 15) is 24.3 Å². The summed E-state index contributed by atoms with van der Waals surface area (Å²) in [4.78, 5) is 62.6. The molecule has 1 unspecified atom stereocenters. The van der Waals surface area contributed by atoms with Crippen LogP contribution in [0, 0.1) is 11.8 Å². The van der Waals surface area contributed by atoms with Crippen molar-refractivity contribution < 1.29 is 24.3 Å². The van der Waals surface area contributed by atoms with Gasteiger partial charge in [0.05, 0.1) is 17.2 Å². The third-order valence-corrected chi connectivity index (χ3v) is 11.2. The minimum Gasteiger partial charge on any atom is -0.393 e. The van der Waals surface area contributed by atoms with Crippen molar-refractivity contribution >= 4 is 23.6 Å². The maximum Gasteiger partial charge on any atom is 0.253 e. The summed E-state index contributed by atoms with van der Waals surface area (Å²) in [5, 5.41) is 24.5. The molecular formula is C45H54N6O5. The predicted octanol–water partition coefficient (Wildman–Crippen LogP) is 5.35. The van der Waals surface area contributed by atoms with E-state index >= 15 is 0 Å². The summed E-state index contributed by atoms with van der Waals surface area (Å²) >= 11 is 0. The molecule has 4 aromatic rings. The Hall–Kier alpha value is -5.42. The zero-order valence-electron chi connectivity index (χ0n) is 31.9. The van der Waals surface area contributed by atoms with E-state index in [0.717, 1.165) is 62.5 Å². The molecular weight excluding hydrogens is 705 g/mol. The molecule has 2 fully saturated rings. The zero-order chi connectivity index (χ0) is 39.1. The number of nitrogens with one attached hydrogen (secondary N) is 4. The number of amides is 4. The molecule has 5 N–H and O–H groups in total. The molecule has 0 bridgehead atoms. The molecule has 2 aliphatic carbocycles. The highest BCUT2D eigenvalue weighted by Crippen LogP contribution is 2.26. The van der Waals surface area contributed by atoms with Gasteiger partial charge in [-0.3, -0.25) is 29.1 Å². The van der Waals surface area contributed by atoms with Crippen molar-refractivity contribution in [1.29, 1.82) is 0 Å². The monoisotopic (exact) mass is 758 g/mol. The molecule has 4 amide bonds. The molecule has 7 atom stereocenters. The number of aliphatic hydroxyl groups is 1. The van der Waals surface area contributed by atoms with Crippen LogP contribution in [0.15, 0.2) is 110 Å². The number of nitrogens with zero attached hydrogens (tertiary/aromatic N) is 2. The second-order valence-electron chi connectivity index (χ2n) is 15.3. The number of aliphatic hydroxyl groups excluding tert-OH is 1. The number of carbonyl (C=O) groups is 4. The number of carbonyl (C=O) groups excluding carboxylic acids is 4. The normalized spacial score (nSPS) is 21.1. The first-order chi connectivity index (χ1) is 27.3. The van der Waals surface area contributed by atoms with Crippen molar-refractivity contribution in [1.82, 2.24) is 31.2 Å². The van der Waals surface area contributed by atoms with Crippen LogP contribution in [0.2, 0.25) is 0 Å². The van der Waals surface area contributed by atoms with Gasteiger partial charge < -0.3 is 26.4 Å². The Bertz CT molecular complexity index is 1710. The summed E-state index contributed by atoms with van der Waals surface area (Å²) in [6.45, 7) is 0. The van der Waals surface area contributed by atoms with E-state index in [0.29, 0.717) is 24.0 Å². The molecule has 2 saturated carbocycles. The standard InChI is InChI=1S/C45H54N6O5/c52-37(27-35(25-31-13-3-1-4-14-31)44(55)50-40-21-9-7-19-38(40)48-42(53)33-17-11-23-46-29-33)28-36(26-32-15-5-2-6-16-32)45(56)51-41-22-10-8-20-39(41)49-43(54)34-18-12-24-47-30-34/h1-6,11-18,23-24,29-30,35-41,52H,7-10,19-22,25-28H2,(H,48,53)(H,49,54)(H,50,55)(H,51,56)/t35-,36+,37?,38-,39-,40-,41-/m0/s1. The lowest BCUT2D eigenvalue weighted by molar-refractivity contribution is -0.128. The fourth-order valence-electron chi connectivity index (χ4n) is 8.17. The molecule has 2 aromatic carbocycles. The quantitative estimate of drug-likeness (QED) is 0.103. The highest BCUT2D eigenvalue weighted by Gasteiger charge is 2.34.